The molecule has 2 heterocycles. The van der Waals surface area contributed by atoms with Crippen molar-refractivity contribution in [1.82, 2.24) is 19.2 Å². The van der Waals surface area contributed by atoms with Crippen LogP contribution < -0.4 is 5.32 Å². The highest BCUT2D eigenvalue weighted by Crippen LogP contribution is 2.30. The van der Waals surface area contributed by atoms with E-state index in [1.54, 1.807) is 30.3 Å². The molecule has 0 amide bonds. The zero-order valence-corrected chi connectivity index (χ0v) is 17.5. The maximum atomic E-state index is 13.0. The van der Waals surface area contributed by atoms with E-state index in [2.05, 4.69) is 27.1 Å². The SMILES string of the molecule is CCN1CCN(S(=O)(=O)c2ccc3[nH]c(Nc4cc(Cl)ccc4O)nc3c2)CC1. The summed E-state index contributed by atoms with van der Waals surface area (Å²) in [6, 6.07) is 9.49. The topological polar surface area (TPSA) is 102 Å². The van der Waals surface area contributed by atoms with Gasteiger partial charge in [0.25, 0.3) is 0 Å². The van der Waals surface area contributed by atoms with Crippen LogP contribution in [0.4, 0.5) is 11.6 Å². The maximum Gasteiger partial charge on any atom is 0.243 e. The monoisotopic (exact) mass is 435 g/mol. The molecular weight excluding hydrogens is 414 g/mol. The Hall–Kier alpha value is -2.33. The summed E-state index contributed by atoms with van der Waals surface area (Å²) in [6.45, 7) is 5.43. The van der Waals surface area contributed by atoms with Crippen LogP contribution in [-0.2, 0) is 10.0 Å². The normalized spacial score (nSPS) is 16.3. The van der Waals surface area contributed by atoms with Crippen molar-refractivity contribution in [3.8, 4) is 5.75 Å². The number of nitrogens with zero attached hydrogens (tertiary/aromatic N) is 3. The highest BCUT2D eigenvalue weighted by Gasteiger charge is 2.28. The smallest absolute Gasteiger partial charge is 0.243 e. The largest absolute Gasteiger partial charge is 0.506 e. The average molecular weight is 436 g/mol. The third kappa shape index (κ3) is 4.04. The van der Waals surface area contributed by atoms with Gasteiger partial charge in [-0.1, -0.05) is 18.5 Å². The second-order valence-electron chi connectivity index (χ2n) is 6.89. The van der Waals surface area contributed by atoms with E-state index in [9.17, 15) is 13.5 Å². The summed E-state index contributed by atoms with van der Waals surface area (Å²) in [7, 11) is -3.57. The molecule has 0 atom stereocenters. The van der Waals surface area contributed by atoms with Gasteiger partial charge >= 0.3 is 0 Å². The number of aromatic amines is 1. The van der Waals surface area contributed by atoms with E-state index in [0.717, 1.165) is 19.6 Å². The van der Waals surface area contributed by atoms with Gasteiger partial charge in [0, 0.05) is 31.2 Å². The molecule has 0 unspecified atom stereocenters. The van der Waals surface area contributed by atoms with Gasteiger partial charge < -0.3 is 20.3 Å². The Balaban J connectivity index is 1.59. The number of anilines is 2. The zero-order chi connectivity index (χ0) is 20.6. The molecule has 0 aliphatic carbocycles. The highest BCUT2D eigenvalue weighted by molar-refractivity contribution is 7.89. The minimum Gasteiger partial charge on any atom is -0.506 e. The fraction of sp³-hybridized carbons (Fsp3) is 0.316. The number of imidazole rings is 1. The van der Waals surface area contributed by atoms with Gasteiger partial charge in [0.2, 0.25) is 16.0 Å². The molecule has 4 rings (SSSR count). The third-order valence-electron chi connectivity index (χ3n) is 5.08. The minimum absolute atomic E-state index is 0.0318. The number of nitrogens with one attached hydrogen (secondary N) is 2. The Bertz CT molecular complexity index is 1140. The average Bonchev–Trinajstić information content (AvgIpc) is 3.12. The van der Waals surface area contributed by atoms with Crippen molar-refractivity contribution in [2.45, 2.75) is 11.8 Å². The standard InChI is InChI=1S/C19H22ClN5O3S/c1-2-24-7-9-25(10-8-24)29(27,28)14-4-5-15-16(12-14)22-19(21-15)23-17-11-13(20)3-6-18(17)26/h3-6,11-12,26H,2,7-10H2,1H3,(H2,21,22,23). The number of likely N-dealkylation sites (N-methyl/N-ethyl adjacent to an activating group) is 1. The number of benzene rings is 2. The summed E-state index contributed by atoms with van der Waals surface area (Å²) >= 11 is 5.97. The van der Waals surface area contributed by atoms with Gasteiger partial charge in [-0.15, -0.1) is 0 Å². The van der Waals surface area contributed by atoms with Crippen LogP contribution in [0.3, 0.4) is 0 Å². The first-order valence-corrected chi connectivity index (χ1v) is 11.2. The Morgan fingerprint density at radius 2 is 1.93 bits per heavy atom. The molecule has 10 heteroatoms. The lowest BCUT2D eigenvalue weighted by molar-refractivity contribution is 0.196. The molecule has 3 N–H and O–H groups in total. The molecular formula is C19H22ClN5O3S. The van der Waals surface area contributed by atoms with E-state index < -0.39 is 10.0 Å². The molecule has 0 spiro atoms. The van der Waals surface area contributed by atoms with E-state index in [4.69, 9.17) is 11.6 Å². The quantitative estimate of drug-likeness (QED) is 0.532. The fourth-order valence-electron chi connectivity index (χ4n) is 3.38. The molecule has 1 fully saturated rings. The molecule has 2 aromatic carbocycles. The molecule has 8 nitrogen and oxygen atoms in total. The number of halogens is 1. The van der Waals surface area contributed by atoms with Crippen LogP contribution in [0.15, 0.2) is 41.3 Å². The van der Waals surface area contributed by atoms with Gasteiger partial charge in [-0.3, -0.25) is 0 Å². The summed E-state index contributed by atoms with van der Waals surface area (Å²) < 4.78 is 27.5. The van der Waals surface area contributed by atoms with Crippen LogP contribution >= 0.6 is 11.6 Å². The Morgan fingerprint density at radius 3 is 2.66 bits per heavy atom. The van der Waals surface area contributed by atoms with Gasteiger partial charge in [0.1, 0.15) is 5.75 Å². The van der Waals surface area contributed by atoms with Gasteiger partial charge in [-0.25, -0.2) is 13.4 Å². The number of phenols is 1. The molecule has 1 saturated heterocycles. The van der Waals surface area contributed by atoms with Crippen molar-refractivity contribution in [2.75, 3.05) is 38.0 Å². The van der Waals surface area contributed by atoms with Crippen molar-refractivity contribution < 1.29 is 13.5 Å². The zero-order valence-electron chi connectivity index (χ0n) is 15.9. The number of H-pyrrole nitrogens is 1. The molecule has 3 aromatic rings. The van der Waals surface area contributed by atoms with E-state index in [1.165, 1.54) is 10.4 Å². The molecule has 0 bridgehead atoms. The summed E-state index contributed by atoms with van der Waals surface area (Å²) in [4.78, 5) is 9.93. The lowest BCUT2D eigenvalue weighted by Crippen LogP contribution is -2.48. The van der Waals surface area contributed by atoms with Crippen molar-refractivity contribution in [1.29, 1.82) is 0 Å². The van der Waals surface area contributed by atoms with Crippen LogP contribution in [0, 0.1) is 0 Å². The predicted octanol–water partition coefficient (Wildman–Crippen LogP) is 2.99. The molecule has 1 aliphatic heterocycles. The van der Waals surface area contributed by atoms with E-state index >= 15 is 0 Å². The predicted molar refractivity (Wildman–Crippen MR) is 113 cm³/mol. The van der Waals surface area contributed by atoms with Gasteiger partial charge in [-0.2, -0.15) is 4.31 Å². The van der Waals surface area contributed by atoms with Crippen molar-refractivity contribution in [2.24, 2.45) is 0 Å². The second kappa shape index (κ2) is 7.83. The summed E-state index contributed by atoms with van der Waals surface area (Å²) in [5.74, 6) is 0.410. The first-order valence-electron chi connectivity index (χ1n) is 9.34. The van der Waals surface area contributed by atoms with E-state index in [-0.39, 0.29) is 10.6 Å². The number of aromatic nitrogens is 2. The number of hydrogen-bond acceptors (Lipinski definition) is 6. The Kier molecular flexibility index (Phi) is 5.39. The number of piperazine rings is 1. The van der Waals surface area contributed by atoms with Crippen LogP contribution in [0.25, 0.3) is 11.0 Å². The summed E-state index contributed by atoms with van der Waals surface area (Å²) in [5, 5.41) is 13.4. The molecule has 1 aromatic heterocycles. The van der Waals surface area contributed by atoms with Crippen molar-refractivity contribution in [3.63, 3.8) is 0 Å². The number of sulfonamides is 1. The first kappa shape index (κ1) is 20.0. The van der Waals surface area contributed by atoms with Crippen LogP contribution in [-0.4, -0.2) is 65.4 Å². The number of hydrogen-bond donors (Lipinski definition) is 3. The summed E-state index contributed by atoms with van der Waals surface area (Å²) in [6.07, 6.45) is 0. The maximum absolute atomic E-state index is 13.0. The van der Waals surface area contributed by atoms with Crippen molar-refractivity contribution in [3.05, 3.63) is 41.4 Å². The van der Waals surface area contributed by atoms with E-state index in [1.807, 2.05) is 0 Å². The van der Waals surface area contributed by atoms with E-state index in [0.29, 0.717) is 40.8 Å². The van der Waals surface area contributed by atoms with Gasteiger partial charge in [0.05, 0.1) is 21.6 Å². The Labute approximate surface area is 174 Å². The highest BCUT2D eigenvalue weighted by atomic mass is 35.5. The van der Waals surface area contributed by atoms with Crippen molar-refractivity contribution >= 4 is 44.3 Å². The molecule has 1 aliphatic rings. The third-order valence-corrected chi connectivity index (χ3v) is 7.21. The lowest BCUT2D eigenvalue weighted by Gasteiger charge is -2.33. The van der Waals surface area contributed by atoms with Gasteiger partial charge in [-0.05, 0) is 42.9 Å². The molecule has 0 radical (unpaired) electrons. The molecule has 29 heavy (non-hydrogen) atoms. The number of rotatable bonds is 5. The van der Waals surface area contributed by atoms with Crippen LogP contribution in [0.1, 0.15) is 6.92 Å². The lowest BCUT2D eigenvalue weighted by atomic mass is 10.3. The summed E-state index contributed by atoms with van der Waals surface area (Å²) in [5.41, 5.74) is 1.60. The van der Waals surface area contributed by atoms with Crippen LogP contribution in [0.2, 0.25) is 5.02 Å². The number of aromatic hydroxyl groups is 1. The van der Waals surface area contributed by atoms with Gasteiger partial charge in [0.15, 0.2) is 0 Å². The fourth-order valence-corrected chi connectivity index (χ4v) is 4.99. The molecule has 154 valence electrons. The number of fused-ring (bicyclic) bond motifs is 1. The second-order valence-corrected chi connectivity index (χ2v) is 9.26. The minimum atomic E-state index is -3.57. The first-order chi connectivity index (χ1) is 13.9. The molecule has 0 saturated carbocycles. The number of phenolic OH excluding ortho intramolecular Hbond substituents is 1. The Morgan fingerprint density at radius 1 is 1.17 bits per heavy atom. The van der Waals surface area contributed by atoms with Crippen LogP contribution in [0.5, 0.6) is 5.75 Å².